The number of hydrogen-bond acceptors (Lipinski definition) is 0. The quantitative estimate of drug-likeness (QED) is 0.107. The third kappa shape index (κ3) is 14.6. The van der Waals surface area contributed by atoms with Gasteiger partial charge < -0.3 is 0 Å². The third-order valence-corrected chi connectivity index (χ3v) is 29.3. The summed E-state index contributed by atoms with van der Waals surface area (Å²) in [5.41, 5.74) is 24.7. The molecule has 0 bridgehead atoms. The van der Waals surface area contributed by atoms with Crippen molar-refractivity contribution in [2.75, 3.05) is 0 Å². The van der Waals surface area contributed by atoms with Gasteiger partial charge in [0.1, 0.15) is 0 Å². The molecule has 12 aromatic carbocycles. The molecule has 0 N–H and O–H groups in total. The molecule has 3 aliphatic heterocycles. The molecule has 0 aliphatic carbocycles. The summed E-state index contributed by atoms with van der Waals surface area (Å²) in [6, 6.07) is 131. The van der Waals surface area contributed by atoms with Crippen molar-refractivity contribution in [3.63, 3.8) is 0 Å². The van der Waals surface area contributed by atoms with Gasteiger partial charge in [0.2, 0.25) is 0 Å². The first-order valence-electron chi connectivity index (χ1n) is 29.7. The Hall–Kier alpha value is -7.33. The molecular formula is C84H60Li2Sn3. The van der Waals surface area contributed by atoms with Gasteiger partial charge in [-0.2, -0.15) is 0 Å². The van der Waals surface area contributed by atoms with Crippen LogP contribution in [0.5, 0.6) is 0 Å². The minimum atomic E-state index is -1.00. The topological polar surface area (TPSA) is 0 Å². The van der Waals surface area contributed by atoms with Crippen LogP contribution in [0, 0.1) is 0 Å². The van der Waals surface area contributed by atoms with Crippen molar-refractivity contribution >= 4 is 156 Å². The molecule has 0 atom stereocenters. The molecule has 12 aromatic rings. The minimum absolute atomic E-state index is 0. The zero-order valence-corrected chi connectivity index (χ0v) is 58.7. The van der Waals surface area contributed by atoms with E-state index in [9.17, 15) is 0 Å². The van der Waals surface area contributed by atoms with Crippen LogP contribution in [0.4, 0.5) is 0 Å². The number of rotatable bonds is 12. The third-order valence-electron chi connectivity index (χ3n) is 15.7. The van der Waals surface area contributed by atoms with Crippen LogP contribution in [-0.4, -0.2) is 101 Å². The van der Waals surface area contributed by atoms with E-state index in [0.29, 0.717) is 0 Å². The predicted octanol–water partition coefficient (Wildman–Crippen LogP) is 19.8. The molecule has 0 saturated heterocycles. The summed E-state index contributed by atoms with van der Waals surface area (Å²) >= 11 is -3.01. The van der Waals surface area contributed by atoms with E-state index in [1.807, 2.05) is 0 Å². The van der Waals surface area contributed by atoms with Gasteiger partial charge in [-0.05, 0) is 0 Å². The van der Waals surface area contributed by atoms with Crippen LogP contribution >= 0.6 is 0 Å². The molecule has 0 amide bonds. The van der Waals surface area contributed by atoms with E-state index in [1.165, 1.54) is 100 Å². The van der Waals surface area contributed by atoms with Gasteiger partial charge in [0.15, 0.2) is 0 Å². The first kappa shape index (κ1) is 63.2. The predicted molar refractivity (Wildman–Crippen MR) is 387 cm³/mol. The van der Waals surface area contributed by atoms with Crippen molar-refractivity contribution < 1.29 is 0 Å². The maximum atomic E-state index is 2.27. The van der Waals surface area contributed by atoms with Gasteiger partial charge in [-0.25, -0.2) is 0 Å². The van der Waals surface area contributed by atoms with Crippen LogP contribution in [0.1, 0.15) is 66.8 Å². The first-order chi connectivity index (χ1) is 43.2. The Kier molecular flexibility index (Phi) is 22.3. The molecule has 89 heavy (non-hydrogen) atoms. The second kappa shape index (κ2) is 31.4. The molecular weight excluding hydrogens is 1380 g/mol. The zero-order chi connectivity index (χ0) is 58.4. The first-order valence-corrected chi connectivity index (χ1v) is 38.2. The summed E-state index contributed by atoms with van der Waals surface area (Å²) in [6.45, 7) is 0. The van der Waals surface area contributed by atoms with E-state index < -0.39 is 63.4 Å². The van der Waals surface area contributed by atoms with Gasteiger partial charge >= 0.3 is 549 Å². The molecule has 15 rings (SSSR count). The summed E-state index contributed by atoms with van der Waals surface area (Å²) in [6.07, 6.45) is 0. The van der Waals surface area contributed by atoms with Crippen molar-refractivity contribution in [1.82, 2.24) is 0 Å². The van der Waals surface area contributed by atoms with Crippen LogP contribution < -0.4 is 0 Å². The second-order valence-corrected chi connectivity index (χ2v) is 32.0. The molecule has 5 heteroatoms. The number of benzene rings is 12. The number of hydrogen-bond donors (Lipinski definition) is 0. The van der Waals surface area contributed by atoms with Gasteiger partial charge in [0.05, 0.1) is 0 Å². The van der Waals surface area contributed by atoms with Gasteiger partial charge in [-0.1, -0.05) is 0 Å². The standard InChI is InChI=1S/3C28H20.2Li.3Sn/c3*1-5-13-23(14-6-1)21-27(25-17-9-3-10-18-25)28(26-19-11-4-12-20-26)22-24-15-7-2-8-16-24;;;;;/h3*1-20H;;;;;. The molecule has 0 saturated carbocycles. The van der Waals surface area contributed by atoms with Gasteiger partial charge in [0.25, 0.3) is 0 Å². The Morgan fingerprint density at radius 2 is 0.202 bits per heavy atom. The monoisotopic (exact) mass is 1440 g/mol. The Balaban J connectivity index is 0.000000136. The fraction of sp³-hybridized carbons (Fsp3) is 0. The molecule has 0 unspecified atom stereocenters. The molecule has 0 fully saturated rings. The fourth-order valence-electron chi connectivity index (χ4n) is 11.8. The molecule has 0 spiro atoms. The summed E-state index contributed by atoms with van der Waals surface area (Å²) in [5, 5.41) is 0. The normalized spacial score (nSPS) is 13.5. The molecule has 8 radical (unpaired) electrons. The summed E-state index contributed by atoms with van der Waals surface area (Å²) < 4.78 is 9.41. The fourth-order valence-corrected chi connectivity index (χ4v) is 26.0. The summed E-state index contributed by atoms with van der Waals surface area (Å²) in [4.78, 5) is 0. The van der Waals surface area contributed by atoms with E-state index in [1.54, 1.807) is 21.5 Å². The zero-order valence-electron chi connectivity index (χ0n) is 50.1. The van der Waals surface area contributed by atoms with Gasteiger partial charge in [0, 0.05) is 37.7 Å². The SMILES string of the molecule is [Li].[Li].c1ccc([C]2=C(c3ccccc3)C(c3ccccc3)=[C](c3ccccc3)[Sn]2)cc1.c1ccc([C]2=C(c3ccccc3)C(c3ccccc3)=[C](c3ccccc3)[Sn]2)cc1.c1ccc([C]2=C(c3ccccc3)C(c3ccccc3)=[C](c3ccccc3)[Sn]2)cc1. The number of allylic oxidation sites excluding steroid dienone is 6. The second-order valence-electron chi connectivity index (χ2n) is 21.3. The van der Waals surface area contributed by atoms with Crippen molar-refractivity contribution in [2.24, 2.45) is 0 Å². The van der Waals surface area contributed by atoms with Crippen molar-refractivity contribution in [3.05, 3.63) is 431 Å². The van der Waals surface area contributed by atoms with Crippen LogP contribution in [0.25, 0.3) is 55.0 Å². The Morgan fingerprint density at radius 1 is 0.112 bits per heavy atom. The Bertz CT molecular complexity index is 3710. The average Bonchev–Trinajstić information content (AvgIpc) is 2.14. The van der Waals surface area contributed by atoms with Gasteiger partial charge in [-0.3, -0.25) is 0 Å². The van der Waals surface area contributed by atoms with E-state index >= 15 is 0 Å². The molecule has 0 nitrogen and oxygen atoms in total. The molecule has 410 valence electrons. The van der Waals surface area contributed by atoms with E-state index in [2.05, 4.69) is 364 Å². The molecule has 3 aliphatic rings. The summed E-state index contributed by atoms with van der Waals surface area (Å²) in [7, 11) is 0. The van der Waals surface area contributed by atoms with E-state index in [0.717, 1.165) is 0 Å². The Labute approximate surface area is 580 Å². The maximum absolute atomic E-state index is 2.27. The van der Waals surface area contributed by atoms with Crippen LogP contribution in [0.15, 0.2) is 364 Å². The van der Waals surface area contributed by atoms with Crippen molar-refractivity contribution in [2.45, 2.75) is 0 Å². The van der Waals surface area contributed by atoms with E-state index in [4.69, 9.17) is 0 Å². The van der Waals surface area contributed by atoms with Crippen LogP contribution in [0.3, 0.4) is 0 Å². The van der Waals surface area contributed by atoms with E-state index in [-0.39, 0.29) is 37.7 Å². The van der Waals surface area contributed by atoms with Crippen LogP contribution in [-0.2, 0) is 0 Å². The van der Waals surface area contributed by atoms with Crippen LogP contribution in [0.2, 0.25) is 0 Å². The van der Waals surface area contributed by atoms with Crippen molar-refractivity contribution in [1.29, 1.82) is 0 Å². The average molecular weight is 1440 g/mol. The van der Waals surface area contributed by atoms with Crippen molar-refractivity contribution in [3.8, 4) is 0 Å². The molecule has 3 heterocycles. The Morgan fingerprint density at radius 3 is 0.303 bits per heavy atom. The van der Waals surface area contributed by atoms with Gasteiger partial charge in [-0.15, -0.1) is 0 Å². The molecule has 0 aromatic heterocycles. The summed E-state index contributed by atoms with van der Waals surface area (Å²) in [5.74, 6) is 0.